The Hall–Kier alpha value is -1.33. The highest BCUT2D eigenvalue weighted by Crippen LogP contribution is 2.17. The summed E-state index contributed by atoms with van der Waals surface area (Å²) < 4.78 is 8.60. The van der Waals surface area contributed by atoms with Crippen LogP contribution in [0.1, 0.15) is 11.3 Å². The zero-order chi connectivity index (χ0) is 13.0. The third kappa shape index (κ3) is 3.11. The van der Waals surface area contributed by atoms with Crippen molar-refractivity contribution >= 4 is 15.9 Å². The number of ether oxygens (including phenoxy) is 1. The van der Waals surface area contributed by atoms with Crippen molar-refractivity contribution in [1.82, 2.24) is 9.78 Å². The molecule has 4 nitrogen and oxygen atoms in total. The summed E-state index contributed by atoms with van der Waals surface area (Å²) in [6.07, 6.45) is 1.81. The molecular weight excluding hydrogens is 294 g/mol. The van der Waals surface area contributed by atoms with E-state index in [2.05, 4.69) is 21.0 Å². The van der Waals surface area contributed by atoms with Gasteiger partial charge in [-0.2, -0.15) is 5.10 Å². The molecule has 0 aliphatic heterocycles. The summed E-state index contributed by atoms with van der Waals surface area (Å²) in [7, 11) is 0. The first-order chi connectivity index (χ1) is 8.70. The first kappa shape index (κ1) is 13.1. The van der Waals surface area contributed by atoms with Crippen LogP contribution in [0.3, 0.4) is 0 Å². The van der Waals surface area contributed by atoms with Gasteiger partial charge < -0.3 is 10.5 Å². The molecular formula is C13H16BrN3O. The van der Waals surface area contributed by atoms with E-state index < -0.39 is 0 Å². The fraction of sp³-hybridized carbons (Fsp3) is 0.308. The van der Waals surface area contributed by atoms with Crippen LogP contribution in [0.5, 0.6) is 5.75 Å². The Balaban J connectivity index is 1.90. The summed E-state index contributed by atoms with van der Waals surface area (Å²) in [5, 5.41) is 4.28. The Bertz CT molecular complexity index is 525. The monoisotopic (exact) mass is 309 g/mol. The highest BCUT2D eigenvalue weighted by molar-refractivity contribution is 9.10. The van der Waals surface area contributed by atoms with Crippen molar-refractivity contribution < 1.29 is 4.74 Å². The molecule has 0 aliphatic carbocycles. The summed E-state index contributed by atoms with van der Waals surface area (Å²) in [6.45, 7) is 3.86. The van der Waals surface area contributed by atoms with Crippen molar-refractivity contribution in [2.24, 2.45) is 5.73 Å². The Labute approximate surface area is 115 Å². The van der Waals surface area contributed by atoms with Crippen LogP contribution in [0.4, 0.5) is 0 Å². The number of nitrogens with zero attached hydrogens (tertiary/aromatic N) is 2. The smallest absolute Gasteiger partial charge is 0.120 e. The molecule has 96 valence electrons. The molecule has 0 aliphatic rings. The van der Waals surface area contributed by atoms with Crippen molar-refractivity contribution in [2.75, 3.05) is 6.61 Å². The molecule has 2 aromatic rings. The normalized spacial score (nSPS) is 10.6. The fourth-order valence-electron chi connectivity index (χ4n) is 1.72. The SMILES string of the molecule is Cc1c(CN)cnn1CCOc1cccc(Br)c1. The van der Waals surface area contributed by atoms with Gasteiger partial charge in [-0.15, -0.1) is 0 Å². The van der Waals surface area contributed by atoms with E-state index in [1.807, 2.05) is 42.1 Å². The largest absolute Gasteiger partial charge is 0.492 e. The van der Waals surface area contributed by atoms with Crippen LogP contribution in [-0.4, -0.2) is 16.4 Å². The molecule has 18 heavy (non-hydrogen) atoms. The first-order valence-electron chi connectivity index (χ1n) is 5.80. The van der Waals surface area contributed by atoms with E-state index in [4.69, 9.17) is 10.5 Å². The van der Waals surface area contributed by atoms with Crippen LogP contribution < -0.4 is 10.5 Å². The molecule has 2 N–H and O–H groups in total. The van der Waals surface area contributed by atoms with Gasteiger partial charge in [0.2, 0.25) is 0 Å². The fourth-order valence-corrected chi connectivity index (χ4v) is 2.10. The molecule has 0 bridgehead atoms. The second kappa shape index (κ2) is 6.02. The Morgan fingerprint density at radius 3 is 2.94 bits per heavy atom. The molecule has 1 heterocycles. The van der Waals surface area contributed by atoms with E-state index in [1.54, 1.807) is 0 Å². The molecule has 0 fully saturated rings. The number of hydrogen-bond donors (Lipinski definition) is 1. The maximum absolute atomic E-state index is 5.67. The van der Waals surface area contributed by atoms with Gasteiger partial charge in [-0.3, -0.25) is 4.68 Å². The van der Waals surface area contributed by atoms with Gasteiger partial charge in [0.05, 0.1) is 12.7 Å². The van der Waals surface area contributed by atoms with Gasteiger partial charge in [-0.25, -0.2) is 0 Å². The Morgan fingerprint density at radius 2 is 2.28 bits per heavy atom. The van der Waals surface area contributed by atoms with E-state index in [9.17, 15) is 0 Å². The number of halogens is 1. The van der Waals surface area contributed by atoms with Crippen molar-refractivity contribution in [3.63, 3.8) is 0 Å². The zero-order valence-corrected chi connectivity index (χ0v) is 11.9. The van der Waals surface area contributed by atoms with E-state index in [1.165, 1.54) is 0 Å². The number of nitrogens with two attached hydrogens (primary N) is 1. The molecule has 0 unspecified atom stereocenters. The average Bonchev–Trinajstić information content (AvgIpc) is 2.71. The summed E-state index contributed by atoms with van der Waals surface area (Å²) in [5.41, 5.74) is 7.80. The third-order valence-electron chi connectivity index (χ3n) is 2.79. The molecule has 2 rings (SSSR count). The molecule has 0 amide bonds. The quantitative estimate of drug-likeness (QED) is 0.923. The van der Waals surface area contributed by atoms with Gasteiger partial charge in [0.15, 0.2) is 0 Å². The predicted octanol–water partition coefficient (Wildman–Crippen LogP) is 2.49. The van der Waals surface area contributed by atoms with Crippen molar-refractivity contribution in [1.29, 1.82) is 0 Å². The molecule has 1 aromatic carbocycles. The first-order valence-corrected chi connectivity index (χ1v) is 6.59. The number of hydrogen-bond acceptors (Lipinski definition) is 3. The highest BCUT2D eigenvalue weighted by atomic mass is 79.9. The van der Waals surface area contributed by atoms with Crippen LogP contribution in [0.2, 0.25) is 0 Å². The number of benzene rings is 1. The van der Waals surface area contributed by atoms with E-state index in [0.717, 1.165) is 28.0 Å². The lowest BCUT2D eigenvalue weighted by Crippen LogP contribution is -2.11. The Kier molecular flexibility index (Phi) is 4.38. The van der Waals surface area contributed by atoms with Gasteiger partial charge in [0, 0.05) is 22.3 Å². The minimum Gasteiger partial charge on any atom is -0.492 e. The lowest BCUT2D eigenvalue weighted by atomic mass is 10.3. The van der Waals surface area contributed by atoms with E-state index in [-0.39, 0.29) is 0 Å². The number of aromatic nitrogens is 2. The van der Waals surface area contributed by atoms with Crippen LogP contribution in [0.15, 0.2) is 34.9 Å². The van der Waals surface area contributed by atoms with Crippen molar-refractivity contribution in [3.8, 4) is 5.75 Å². The molecule has 0 saturated carbocycles. The van der Waals surface area contributed by atoms with Crippen molar-refractivity contribution in [3.05, 3.63) is 46.2 Å². The maximum atomic E-state index is 5.67. The molecule has 1 aromatic heterocycles. The third-order valence-corrected chi connectivity index (χ3v) is 3.29. The highest BCUT2D eigenvalue weighted by Gasteiger charge is 2.04. The van der Waals surface area contributed by atoms with Crippen LogP contribution in [0.25, 0.3) is 0 Å². The summed E-state index contributed by atoms with van der Waals surface area (Å²) in [6, 6.07) is 7.80. The van der Waals surface area contributed by atoms with Crippen LogP contribution >= 0.6 is 15.9 Å². The molecule has 5 heteroatoms. The van der Waals surface area contributed by atoms with Crippen molar-refractivity contribution in [2.45, 2.75) is 20.0 Å². The second-order valence-corrected chi connectivity index (χ2v) is 4.90. The lowest BCUT2D eigenvalue weighted by Gasteiger charge is -2.08. The lowest BCUT2D eigenvalue weighted by molar-refractivity contribution is 0.289. The molecule has 0 saturated heterocycles. The Morgan fingerprint density at radius 1 is 1.44 bits per heavy atom. The van der Waals surface area contributed by atoms with Gasteiger partial charge in [0.1, 0.15) is 12.4 Å². The topological polar surface area (TPSA) is 53.1 Å². The summed E-state index contributed by atoms with van der Waals surface area (Å²) in [5.74, 6) is 0.855. The van der Waals surface area contributed by atoms with E-state index in [0.29, 0.717) is 13.2 Å². The minimum atomic E-state index is 0.526. The molecule has 0 radical (unpaired) electrons. The summed E-state index contributed by atoms with van der Waals surface area (Å²) in [4.78, 5) is 0. The zero-order valence-electron chi connectivity index (χ0n) is 10.3. The van der Waals surface area contributed by atoms with Crippen LogP contribution in [0, 0.1) is 6.92 Å². The molecule has 0 spiro atoms. The average molecular weight is 310 g/mol. The standard InChI is InChI=1S/C13H16BrN3O/c1-10-11(8-15)9-16-17(10)5-6-18-13-4-2-3-12(14)7-13/h2-4,7,9H,5-6,8,15H2,1H3. The maximum Gasteiger partial charge on any atom is 0.120 e. The predicted molar refractivity (Wildman–Crippen MR) is 74.5 cm³/mol. The van der Waals surface area contributed by atoms with Crippen LogP contribution in [-0.2, 0) is 13.1 Å². The van der Waals surface area contributed by atoms with Gasteiger partial charge in [-0.05, 0) is 25.1 Å². The van der Waals surface area contributed by atoms with Gasteiger partial charge in [-0.1, -0.05) is 22.0 Å². The van der Waals surface area contributed by atoms with Gasteiger partial charge in [0.25, 0.3) is 0 Å². The second-order valence-electron chi connectivity index (χ2n) is 3.99. The van der Waals surface area contributed by atoms with E-state index >= 15 is 0 Å². The van der Waals surface area contributed by atoms with Gasteiger partial charge >= 0.3 is 0 Å². The number of rotatable bonds is 5. The summed E-state index contributed by atoms with van der Waals surface area (Å²) >= 11 is 3.41. The molecule has 0 atom stereocenters. The minimum absolute atomic E-state index is 0.526.